The normalized spacial score (nSPS) is 26.2. The molecule has 3 fully saturated rings. The molecule has 4 heteroatoms. The van der Waals surface area contributed by atoms with E-state index >= 15 is 0 Å². The van der Waals surface area contributed by atoms with Crippen molar-refractivity contribution in [3.63, 3.8) is 0 Å². The summed E-state index contributed by atoms with van der Waals surface area (Å²) in [7, 11) is 0. The number of carbonyl (C=O) groups is 1. The lowest BCUT2D eigenvalue weighted by Crippen LogP contribution is -2.44. The maximum atomic E-state index is 12.5. The van der Waals surface area contributed by atoms with E-state index in [9.17, 15) is 4.79 Å². The van der Waals surface area contributed by atoms with Gasteiger partial charge in [0, 0.05) is 12.6 Å². The number of rotatable bonds is 5. The standard InChI is InChI=1S/C12H18N2OS/c13-10(16)12(5-6-12)11(15)14(9-3-4-9)7-8-1-2-8/h8-9H,1-7H2,(H2,13,16). The van der Waals surface area contributed by atoms with Gasteiger partial charge in [0.05, 0.1) is 10.4 Å². The van der Waals surface area contributed by atoms with Gasteiger partial charge in [-0.15, -0.1) is 0 Å². The topological polar surface area (TPSA) is 46.3 Å². The van der Waals surface area contributed by atoms with Crippen LogP contribution >= 0.6 is 12.2 Å². The molecule has 0 heterocycles. The first-order valence-electron chi connectivity index (χ1n) is 6.24. The van der Waals surface area contributed by atoms with E-state index in [1.165, 1.54) is 25.7 Å². The van der Waals surface area contributed by atoms with Crippen molar-refractivity contribution in [1.82, 2.24) is 4.90 Å². The number of nitrogens with zero attached hydrogens (tertiary/aromatic N) is 1. The van der Waals surface area contributed by atoms with Crippen LogP contribution in [-0.4, -0.2) is 28.4 Å². The molecule has 0 bridgehead atoms. The zero-order chi connectivity index (χ0) is 11.3. The molecule has 3 aliphatic rings. The predicted molar refractivity (Wildman–Crippen MR) is 65.9 cm³/mol. The summed E-state index contributed by atoms with van der Waals surface area (Å²) in [4.78, 5) is 15.0. The van der Waals surface area contributed by atoms with Crippen molar-refractivity contribution >= 4 is 23.1 Å². The monoisotopic (exact) mass is 238 g/mol. The Morgan fingerprint density at radius 1 is 1.31 bits per heavy atom. The summed E-state index contributed by atoms with van der Waals surface area (Å²) in [6, 6.07) is 0.500. The van der Waals surface area contributed by atoms with Crippen LogP contribution in [0.1, 0.15) is 38.5 Å². The van der Waals surface area contributed by atoms with Crippen LogP contribution in [0, 0.1) is 11.3 Å². The van der Waals surface area contributed by atoms with Crippen LogP contribution < -0.4 is 5.73 Å². The van der Waals surface area contributed by atoms with E-state index in [4.69, 9.17) is 18.0 Å². The Hall–Kier alpha value is -0.640. The zero-order valence-electron chi connectivity index (χ0n) is 9.45. The van der Waals surface area contributed by atoms with Gasteiger partial charge in [0.15, 0.2) is 0 Å². The fourth-order valence-electron chi connectivity index (χ4n) is 2.33. The van der Waals surface area contributed by atoms with Crippen LogP contribution in [-0.2, 0) is 4.79 Å². The van der Waals surface area contributed by atoms with Gasteiger partial charge in [-0.2, -0.15) is 0 Å². The summed E-state index contributed by atoms with van der Waals surface area (Å²) in [5, 5.41) is 0. The lowest BCUT2D eigenvalue weighted by molar-refractivity contribution is -0.135. The molecular formula is C12H18N2OS. The summed E-state index contributed by atoms with van der Waals surface area (Å²) >= 11 is 5.06. The number of carbonyl (C=O) groups excluding carboxylic acids is 1. The minimum atomic E-state index is -0.438. The highest BCUT2D eigenvalue weighted by Crippen LogP contribution is 2.49. The van der Waals surface area contributed by atoms with E-state index in [-0.39, 0.29) is 5.91 Å². The fraction of sp³-hybridized carbons (Fsp3) is 0.833. The van der Waals surface area contributed by atoms with E-state index in [0.717, 1.165) is 25.3 Å². The summed E-state index contributed by atoms with van der Waals surface area (Å²) in [6.07, 6.45) is 6.66. The van der Waals surface area contributed by atoms with Crippen LogP contribution in [0.15, 0.2) is 0 Å². The molecule has 0 aromatic carbocycles. The quantitative estimate of drug-likeness (QED) is 0.737. The highest BCUT2D eigenvalue weighted by molar-refractivity contribution is 7.80. The van der Waals surface area contributed by atoms with Gasteiger partial charge in [-0.1, -0.05) is 12.2 Å². The molecule has 0 aromatic rings. The van der Waals surface area contributed by atoms with Gasteiger partial charge < -0.3 is 10.6 Å². The highest BCUT2D eigenvalue weighted by atomic mass is 32.1. The van der Waals surface area contributed by atoms with E-state index in [1.807, 2.05) is 0 Å². The second kappa shape index (κ2) is 3.42. The van der Waals surface area contributed by atoms with Crippen molar-refractivity contribution < 1.29 is 4.79 Å². The molecule has 0 aliphatic heterocycles. The Morgan fingerprint density at radius 2 is 1.94 bits per heavy atom. The predicted octanol–water partition coefficient (Wildman–Crippen LogP) is 1.45. The van der Waals surface area contributed by atoms with E-state index in [1.54, 1.807) is 0 Å². The molecule has 2 N–H and O–H groups in total. The van der Waals surface area contributed by atoms with Gasteiger partial charge >= 0.3 is 0 Å². The van der Waals surface area contributed by atoms with Crippen LogP contribution in [0.25, 0.3) is 0 Å². The van der Waals surface area contributed by atoms with Gasteiger partial charge in [-0.25, -0.2) is 0 Å². The van der Waals surface area contributed by atoms with Gasteiger partial charge in [0.2, 0.25) is 5.91 Å². The fourth-order valence-corrected chi connectivity index (χ4v) is 2.62. The van der Waals surface area contributed by atoms with Crippen molar-refractivity contribution in [3.8, 4) is 0 Å². The second-order valence-corrected chi connectivity index (χ2v) is 6.02. The zero-order valence-corrected chi connectivity index (χ0v) is 10.3. The first-order valence-corrected chi connectivity index (χ1v) is 6.65. The van der Waals surface area contributed by atoms with Crippen molar-refractivity contribution in [2.75, 3.05) is 6.54 Å². The lowest BCUT2D eigenvalue weighted by atomic mass is 10.1. The minimum Gasteiger partial charge on any atom is -0.392 e. The average molecular weight is 238 g/mol. The first-order chi connectivity index (χ1) is 7.63. The molecule has 0 radical (unpaired) electrons. The number of hydrogen-bond acceptors (Lipinski definition) is 2. The Kier molecular flexibility index (Phi) is 2.25. The van der Waals surface area contributed by atoms with E-state index < -0.39 is 5.41 Å². The first kappa shape index (κ1) is 10.5. The molecule has 0 unspecified atom stereocenters. The number of nitrogens with two attached hydrogens (primary N) is 1. The summed E-state index contributed by atoms with van der Waals surface area (Å²) in [5.41, 5.74) is 5.28. The van der Waals surface area contributed by atoms with Crippen LogP contribution in [0.4, 0.5) is 0 Å². The maximum absolute atomic E-state index is 12.5. The molecule has 0 saturated heterocycles. The molecule has 0 spiro atoms. The number of thiocarbonyl (C=S) groups is 1. The van der Waals surface area contributed by atoms with Crippen molar-refractivity contribution in [2.24, 2.45) is 17.1 Å². The average Bonchev–Trinajstić information content (AvgIpc) is 3.15. The van der Waals surface area contributed by atoms with Gasteiger partial charge in [0.25, 0.3) is 0 Å². The number of hydrogen-bond donors (Lipinski definition) is 1. The Bertz CT molecular complexity index is 343. The van der Waals surface area contributed by atoms with Crippen LogP contribution in [0.2, 0.25) is 0 Å². The molecule has 16 heavy (non-hydrogen) atoms. The van der Waals surface area contributed by atoms with Crippen LogP contribution in [0.3, 0.4) is 0 Å². The van der Waals surface area contributed by atoms with Crippen molar-refractivity contribution in [1.29, 1.82) is 0 Å². The highest BCUT2D eigenvalue weighted by Gasteiger charge is 2.56. The smallest absolute Gasteiger partial charge is 0.235 e. The molecule has 3 aliphatic carbocycles. The summed E-state index contributed by atoms with van der Waals surface area (Å²) in [6.45, 7) is 0.952. The molecule has 88 valence electrons. The molecule has 0 aromatic heterocycles. The molecule has 1 amide bonds. The number of amides is 1. The van der Waals surface area contributed by atoms with Crippen LogP contribution in [0.5, 0.6) is 0 Å². The third-order valence-electron chi connectivity index (χ3n) is 4.03. The molecule has 3 nitrogen and oxygen atoms in total. The Labute approximate surface area is 101 Å². The Morgan fingerprint density at radius 3 is 2.31 bits per heavy atom. The summed E-state index contributed by atoms with van der Waals surface area (Å²) < 4.78 is 0. The molecule has 3 saturated carbocycles. The van der Waals surface area contributed by atoms with Gasteiger partial charge in [0.1, 0.15) is 0 Å². The largest absolute Gasteiger partial charge is 0.392 e. The minimum absolute atomic E-state index is 0.231. The van der Waals surface area contributed by atoms with E-state index in [0.29, 0.717) is 11.0 Å². The second-order valence-electron chi connectivity index (χ2n) is 5.58. The molecule has 3 rings (SSSR count). The third-order valence-corrected chi connectivity index (χ3v) is 4.42. The summed E-state index contributed by atoms with van der Waals surface area (Å²) in [5.74, 6) is 0.987. The van der Waals surface area contributed by atoms with Gasteiger partial charge in [-0.05, 0) is 44.4 Å². The van der Waals surface area contributed by atoms with Crippen molar-refractivity contribution in [3.05, 3.63) is 0 Å². The maximum Gasteiger partial charge on any atom is 0.235 e. The molecular weight excluding hydrogens is 220 g/mol. The van der Waals surface area contributed by atoms with Gasteiger partial charge in [-0.3, -0.25) is 4.79 Å². The third kappa shape index (κ3) is 1.73. The Balaban J connectivity index is 1.72. The van der Waals surface area contributed by atoms with Crippen molar-refractivity contribution in [2.45, 2.75) is 44.6 Å². The SMILES string of the molecule is NC(=S)C1(C(=O)N(CC2CC2)C2CC2)CC1. The van der Waals surface area contributed by atoms with E-state index in [2.05, 4.69) is 4.90 Å². The molecule has 0 atom stereocenters. The lowest BCUT2D eigenvalue weighted by Gasteiger charge is -2.27.